The molecule has 1 heterocycles. The number of fused-ring (bicyclic) bond motifs is 1. The molecule has 3 N–H and O–H groups in total. The molecule has 1 aromatic heterocycles. The first-order valence-electron chi connectivity index (χ1n) is 8.81. The molecule has 0 atom stereocenters. The van der Waals surface area contributed by atoms with Gasteiger partial charge < -0.3 is 19.9 Å². The van der Waals surface area contributed by atoms with Crippen molar-refractivity contribution < 1.29 is 20.1 Å². The predicted molar refractivity (Wildman–Crippen MR) is 109 cm³/mol. The van der Waals surface area contributed by atoms with Crippen molar-refractivity contribution in [1.29, 1.82) is 0 Å². The number of phenolic OH excluding ortho intramolecular Hbond substituents is 1. The van der Waals surface area contributed by atoms with Crippen molar-refractivity contribution in [3.63, 3.8) is 0 Å². The number of nitrogens with zero attached hydrogens (tertiary/aromatic N) is 3. The molecule has 7 heteroatoms. The van der Waals surface area contributed by atoms with Crippen LogP contribution in [0.5, 0.6) is 11.6 Å². The molecule has 0 unspecified atom stereocenters. The molecular formula is C22H17N3O4. The van der Waals surface area contributed by atoms with E-state index in [1.807, 2.05) is 24.3 Å². The molecule has 0 radical (unpaired) electrons. The summed E-state index contributed by atoms with van der Waals surface area (Å²) in [6.45, 7) is 0. The maximum atomic E-state index is 11.2. The maximum absolute atomic E-state index is 11.2. The Kier molecular flexibility index (Phi) is 4.48. The van der Waals surface area contributed by atoms with Crippen LogP contribution in [0, 0.1) is 0 Å². The molecule has 0 aliphatic heterocycles. The molecule has 29 heavy (non-hydrogen) atoms. The fourth-order valence-electron chi connectivity index (χ4n) is 3.23. The number of azo groups is 1. The Morgan fingerprint density at radius 3 is 2.48 bits per heavy atom. The Labute approximate surface area is 165 Å². The van der Waals surface area contributed by atoms with Crippen molar-refractivity contribution in [2.75, 3.05) is 0 Å². The van der Waals surface area contributed by atoms with Crippen LogP contribution in [0.4, 0.5) is 11.4 Å². The van der Waals surface area contributed by atoms with Crippen LogP contribution in [-0.4, -0.2) is 25.9 Å². The van der Waals surface area contributed by atoms with Crippen molar-refractivity contribution in [3.05, 3.63) is 72.3 Å². The summed E-state index contributed by atoms with van der Waals surface area (Å²) < 4.78 is 1.61. The van der Waals surface area contributed by atoms with E-state index in [1.54, 1.807) is 41.9 Å². The largest absolute Gasteiger partial charge is 0.505 e. The first-order chi connectivity index (χ1) is 14.0. The number of carboxylic acids is 1. The molecule has 0 fully saturated rings. The van der Waals surface area contributed by atoms with Gasteiger partial charge in [0, 0.05) is 18.0 Å². The molecular weight excluding hydrogens is 370 g/mol. The van der Waals surface area contributed by atoms with Gasteiger partial charge in [-0.2, -0.15) is 0 Å². The normalized spacial score (nSPS) is 11.3. The SMILES string of the molecule is Cn1c(O)c(N=Nc2cccc(-c3cccc(C(=O)O)c3)c2O)c2ccccc21. The summed E-state index contributed by atoms with van der Waals surface area (Å²) in [6.07, 6.45) is 0. The highest BCUT2D eigenvalue weighted by molar-refractivity contribution is 5.95. The second-order valence-corrected chi connectivity index (χ2v) is 6.51. The Morgan fingerprint density at radius 1 is 0.931 bits per heavy atom. The summed E-state index contributed by atoms with van der Waals surface area (Å²) in [6, 6.07) is 18.6. The summed E-state index contributed by atoms with van der Waals surface area (Å²) in [7, 11) is 1.73. The first-order valence-corrected chi connectivity index (χ1v) is 8.81. The van der Waals surface area contributed by atoms with Gasteiger partial charge in [-0.3, -0.25) is 0 Å². The summed E-state index contributed by atoms with van der Waals surface area (Å²) in [5, 5.41) is 39.3. The van der Waals surface area contributed by atoms with Gasteiger partial charge in [0.05, 0.1) is 11.1 Å². The van der Waals surface area contributed by atoms with Gasteiger partial charge in [-0.15, -0.1) is 10.2 Å². The zero-order valence-electron chi connectivity index (χ0n) is 15.4. The standard InChI is InChI=1S/C22H17N3O4/c1-25-18-11-3-2-8-16(18)19(21(25)27)24-23-17-10-5-9-15(20(17)26)13-6-4-7-14(12-13)22(28)29/h2-12,26-27H,1H3,(H,28,29). The van der Waals surface area contributed by atoms with Crippen molar-refractivity contribution in [2.45, 2.75) is 0 Å². The molecule has 0 aliphatic rings. The smallest absolute Gasteiger partial charge is 0.335 e. The van der Waals surface area contributed by atoms with Gasteiger partial charge in [-0.1, -0.05) is 42.5 Å². The highest BCUT2D eigenvalue weighted by Gasteiger charge is 2.15. The lowest BCUT2D eigenvalue weighted by Gasteiger charge is -2.07. The average Bonchev–Trinajstić information content (AvgIpc) is 2.98. The van der Waals surface area contributed by atoms with Gasteiger partial charge >= 0.3 is 5.97 Å². The quantitative estimate of drug-likeness (QED) is 0.409. The van der Waals surface area contributed by atoms with E-state index in [9.17, 15) is 20.1 Å². The van der Waals surface area contributed by atoms with E-state index in [0.29, 0.717) is 16.8 Å². The molecule has 0 bridgehead atoms. The minimum atomic E-state index is -1.05. The van der Waals surface area contributed by atoms with Crippen LogP contribution >= 0.6 is 0 Å². The summed E-state index contributed by atoms with van der Waals surface area (Å²) in [5.74, 6) is -1.20. The number of aromatic carboxylic acids is 1. The highest BCUT2D eigenvalue weighted by atomic mass is 16.4. The lowest BCUT2D eigenvalue weighted by atomic mass is 10.0. The van der Waals surface area contributed by atoms with Crippen molar-refractivity contribution in [1.82, 2.24) is 4.57 Å². The van der Waals surface area contributed by atoms with Crippen molar-refractivity contribution >= 4 is 28.2 Å². The van der Waals surface area contributed by atoms with Gasteiger partial charge in [-0.25, -0.2) is 4.79 Å². The van der Waals surface area contributed by atoms with Gasteiger partial charge in [0.15, 0.2) is 11.4 Å². The Hall–Kier alpha value is -4.13. The number of carboxylic acid groups (broad SMARTS) is 1. The van der Waals surface area contributed by atoms with E-state index in [-0.39, 0.29) is 22.9 Å². The monoisotopic (exact) mass is 387 g/mol. The van der Waals surface area contributed by atoms with Gasteiger partial charge in [0.25, 0.3) is 0 Å². The van der Waals surface area contributed by atoms with Gasteiger partial charge in [-0.05, 0) is 29.8 Å². The van der Waals surface area contributed by atoms with Crippen LogP contribution in [0.15, 0.2) is 77.0 Å². The Balaban J connectivity index is 1.77. The van der Waals surface area contributed by atoms with Crippen LogP contribution in [0.1, 0.15) is 10.4 Å². The number of phenols is 1. The summed E-state index contributed by atoms with van der Waals surface area (Å²) in [4.78, 5) is 11.2. The zero-order chi connectivity index (χ0) is 20.5. The number of aromatic nitrogens is 1. The third kappa shape index (κ3) is 3.19. The van der Waals surface area contributed by atoms with Crippen molar-refractivity contribution in [3.8, 4) is 22.8 Å². The molecule has 4 aromatic rings. The number of rotatable bonds is 4. The minimum Gasteiger partial charge on any atom is -0.505 e. The van der Waals surface area contributed by atoms with E-state index in [1.165, 1.54) is 12.1 Å². The third-order valence-corrected chi connectivity index (χ3v) is 4.74. The fourth-order valence-corrected chi connectivity index (χ4v) is 3.23. The number of benzene rings is 3. The summed E-state index contributed by atoms with van der Waals surface area (Å²) >= 11 is 0. The van der Waals surface area contributed by atoms with E-state index in [4.69, 9.17) is 0 Å². The first kappa shape index (κ1) is 18.2. The number of hydrogen-bond donors (Lipinski definition) is 3. The second kappa shape index (κ2) is 7.12. The minimum absolute atomic E-state index is 0.0280. The second-order valence-electron chi connectivity index (χ2n) is 6.51. The average molecular weight is 387 g/mol. The number of aromatic hydroxyl groups is 2. The lowest BCUT2D eigenvalue weighted by Crippen LogP contribution is -1.95. The van der Waals surface area contributed by atoms with Crippen LogP contribution in [0.25, 0.3) is 22.0 Å². The topological polar surface area (TPSA) is 107 Å². The molecule has 0 saturated heterocycles. The number of hydrogen-bond acceptors (Lipinski definition) is 5. The van der Waals surface area contributed by atoms with E-state index >= 15 is 0 Å². The molecule has 0 amide bonds. The number of aryl methyl sites for hydroxylation is 1. The molecule has 0 spiro atoms. The van der Waals surface area contributed by atoms with Gasteiger partial charge in [0.2, 0.25) is 5.88 Å². The van der Waals surface area contributed by atoms with E-state index < -0.39 is 5.97 Å². The molecule has 0 saturated carbocycles. The van der Waals surface area contributed by atoms with E-state index in [2.05, 4.69) is 10.2 Å². The molecule has 0 aliphatic carbocycles. The van der Waals surface area contributed by atoms with Crippen LogP contribution in [0.2, 0.25) is 0 Å². The molecule has 4 rings (SSSR count). The number of para-hydroxylation sites is 2. The fraction of sp³-hybridized carbons (Fsp3) is 0.0455. The lowest BCUT2D eigenvalue weighted by molar-refractivity contribution is 0.0697. The van der Waals surface area contributed by atoms with Crippen LogP contribution in [-0.2, 0) is 7.05 Å². The zero-order valence-corrected chi connectivity index (χ0v) is 15.4. The predicted octanol–water partition coefficient (Wildman–Crippen LogP) is 5.37. The van der Waals surface area contributed by atoms with Crippen molar-refractivity contribution in [2.24, 2.45) is 17.3 Å². The highest BCUT2D eigenvalue weighted by Crippen LogP contribution is 2.41. The third-order valence-electron chi connectivity index (χ3n) is 4.74. The Bertz CT molecular complexity index is 1270. The van der Waals surface area contributed by atoms with Gasteiger partial charge in [0.1, 0.15) is 5.69 Å². The Morgan fingerprint density at radius 2 is 1.69 bits per heavy atom. The van der Waals surface area contributed by atoms with Crippen LogP contribution < -0.4 is 0 Å². The number of carbonyl (C=O) groups is 1. The maximum Gasteiger partial charge on any atom is 0.335 e. The molecule has 7 nitrogen and oxygen atoms in total. The van der Waals surface area contributed by atoms with Crippen LogP contribution in [0.3, 0.4) is 0 Å². The molecule has 3 aromatic carbocycles. The molecule has 144 valence electrons. The van der Waals surface area contributed by atoms with E-state index in [0.717, 1.165) is 10.9 Å². The summed E-state index contributed by atoms with van der Waals surface area (Å²) in [5.41, 5.74) is 2.42.